The molecule has 0 saturated carbocycles. The molecule has 0 radical (unpaired) electrons. The highest BCUT2D eigenvalue weighted by atomic mass is 127. The van der Waals surface area contributed by atoms with Crippen molar-refractivity contribution in [2.45, 2.75) is 32.0 Å². The molecule has 0 spiro atoms. The van der Waals surface area contributed by atoms with Gasteiger partial charge in [0.05, 0.1) is 0 Å². The van der Waals surface area contributed by atoms with Crippen molar-refractivity contribution in [2.24, 2.45) is 4.99 Å². The normalized spacial score (nSPS) is 14.8. The highest BCUT2D eigenvalue weighted by molar-refractivity contribution is 14.0. The predicted molar refractivity (Wildman–Crippen MR) is 113 cm³/mol. The number of benzene rings is 1. The van der Waals surface area contributed by atoms with E-state index in [1.165, 1.54) is 0 Å². The van der Waals surface area contributed by atoms with Crippen LogP contribution in [0.5, 0.6) is 0 Å². The smallest absolute Gasteiger partial charge is 0.372 e. The van der Waals surface area contributed by atoms with Gasteiger partial charge in [0.15, 0.2) is 5.96 Å². The number of carbonyl (C=O) groups is 1. The first kappa shape index (κ1) is 24.5. The van der Waals surface area contributed by atoms with Crippen LogP contribution in [0.3, 0.4) is 0 Å². The van der Waals surface area contributed by atoms with E-state index in [-0.39, 0.29) is 36.5 Å². The minimum absolute atomic E-state index is 0. The molecule has 0 aromatic heterocycles. The molecule has 1 aliphatic heterocycles. The molecule has 0 unspecified atom stereocenters. The Morgan fingerprint density at radius 3 is 2.54 bits per heavy atom. The van der Waals surface area contributed by atoms with Gasteiger partial charge in [0.2, 0.25) is 5.91 Å². The maximum atomic E-state index is 12.0. The summed E-state index contributed by atoms with van der Waals surface area (Å²) in [6, 6.07) is 7.75. The fourth-order valence-electron chi connectivity index (χ4n) is 2.69. The maximum absolute atomic E-state index is 12.0. The van der Waals surface area contributed by atoms with E-state index >= 15 is 0 Å². The fraction of sp³-hybridized carbons (Fsp3) is 0.556. The lowest BCUT2D eigenvalue weighted by Crippen LogP contribution is -2.37. The Morgan fingerprint density at radius 1 is 1.25 bits per heavy atom. The van der Waals surface area contributed by atoms with Gasteiger partial charge >= 0.3 is 6.18 Å². The van der Waals surface area contributed by atoms with Crippen LogP contribution in [0.4, 0.5) is 18.9 Å². The number of amides is 1. The molecule has 2 rings (SSSR count). The number of nitrogens with one attached hydrogen (secondary N) is 2. The monoisotopic (exact) mass is 514 g/mol. The average Bonchev–Trinajstić information content (AvgIpc) is 3.06. The van der Waals surface area contributed by atoms with Gasteiger partial charge in [0.25, 0.3) is 0 Å². The number of carbonyl (C=O) groups excluding carboxylic acids is 1. The van der Waals surface area contributed by atoms with E-state index in [0.717, 1.165) is 24.2 Å². The van der Waals surface area contributed by atoms with E-state index < -0.39 is 12.8 Å². The summed E-state index contributed by atoms with van der Waals surface area (Å²) in [5, 5.41) is 6.16. The van der Waals surface area contributed by atoms with Crippen molar-refractivity contribution in [1.82, 2.24) is 10.6 Å². The van der Waals surface area contributed by atoms with E-state index in [1.54, 1.807) is 11.9 Å². The van der Waals surface area contributed by atoms with Crippen LogP contribution >= 0.6 is 24.0 Å². The number of alkyl halides is 3. The molecular formula is C18H26F3IN4O2. The lowest BCUT2D eigenvalue weighted by atomic mass is 10.2. The van der Waals surface area contributed by atoms with Crippen LogP contribution in [0.1, 0.15) is 24.8 Å². The Bertz CT molecular complexity index is 639. The van der Waals surface area contributed by atoms with Crippen LogP contribution in [-0.4, -0.2) is 51.4 Å². The molecule has 1 heterocycles. The molecule has 10 heteroatoms. The topological polar surface area (TPSA) is 66.0 Å². The highest BCUT2D eigenvalue weighted by Gasteiger charge is 2.27. The Balaban J connectivity index is 0.00000392. The summed E-state index contributed by atoms with van der Waals surface area (Å²) in [6.07, 6.45) is -2.35. The summed E-state index contributed by atoms with van der Waals surface area (Å²) in [7, 11) is 1.62. The molecule has 0 bridgehead atoms. The minimum atomic E-state index is -4.29. The largest absolute Gasteiger partial charge is 0.411 e. The second-order valence-corrected chi connectivity index (χ2v) is 6.19. The molecule has 1 fully saturated rings. The van der Waals surface area contributed by atoms with Crippen molar-refractivity contribution in [3.8, 4) is 0 Å². The summed E-state index contributed by atoms with van der Waals surface area (Å²) in [5.74, 6) is 0.717. The van der Waals surface area contributed by atoms with Crippen molar-refractivity contribution in [3.63, 3.8) is 0 Å². The van der Waals surface area contributed by atoms with E-state index in [1.807, 2.05) is 24.3 Å². The summed E-state index contributed by atoms with van der Waals surface area (Å²) in [5.41, 5.74) is 1.93. The number of ether oxygens (including phenoxy) is 1. The third kappa shape index (κ3) is 8.63. The SMILES string of the molecule is CN=C(NCCCOCC(F)(F)F)NCc1ccc(N2CCCC2=O)cc1.I. The molecule has 1 saturated heterocycles. The zero-order valence-electron chi connectivity index (χ0n) is 15.7. The number of aliphatic imine (C=N–C) groups is 1. The number of anilines is 1. The van der Waals surface area contributed by atoms with Gasteiger partial charge in [0.1, 0.15) is 6.61 Å². The van der Waals surface area contributed by atoms with Crippen molar-refractivity contribution in [1.29, 1.82) is 0 Å². The van der Waals surface area contributed by atoms with Crippen molar-refractivity contribution < 1.29 is 22.7 Å². The van der Waals surface area contributed by atoms with Crippen LogP contribution in [-0.2, 0) is 16.1 Å². The summed E-state index contributed by atoms with van der Waals surface area (Å²) < 4.78 is 40.4. The third-order valence-corrected chi connectivity index (χ3v) is 4.03. The third-order valence-electron chi connectivity index (χ3n) is 4.03. The summed E-state index contributed by atoms with van der Waals surface area (Å²) in [6.45, 7) is 0.560. The zero-order valence-corrected chi connectivity index (χ0v) is 18.0. The first-order chi connectivity index (χ1) is 12.9. The molecule has 1 aliphatic rings. The van der Waals surface area contributed by atoms with Gasteiger partial charge < -0.3 is 20.3 Å². The van der Waals surface area contributed by atoms with Gasteiger partial charge in [-0.2, -0.15) is 13.2 Å². The molecule has 1 aromatic carbocycles. The molecule has 0 aliphatic carbocycles. The standard InChI is InChI=1S/C18H25F3N4O2.HI/c1-22-17(23-9-3-11-27-13-18(19,20)21)24-12-14-5-7-15(8-6-14)25-10-2-4-16(25)26;/h5-8H,2-4,9-13H2,1H3,(H2,22,23,24);1H. The van der Waals surface area contributed by atoms with E-state index in [4.69, 9.17) is 0 Å². The Kier molecular flexibility index (Phi) is 10.6. The van der Waals surface area contributed by atoms with Crippen molar-refractivity contribution in [2.75, 3.05) is 38.3 Å². The molecule has 1 amide bonds. The first-order valence-electron chi connectivity index (χ1n) is 8.87. The Morgan fingerprint density at radius 2 is 1.96 bits per heavy atom. The van der Waals surface area contributed by atoms with Crippen molar-refractivity contribution in [3.05, 3.63) is 29.8 Å². The zero-order chi connectivity index (χ0) is 19.7. The maximum Gasteiger partial charge on any atom is 0.411 e. The molecule has 1 aromatic rings. The van der Waals surface area contributed by atoms with Crippen LogP contribution < -0.4 is 15.5 Å². The Hall–Kier alpha value is -1.56. The van der Waals surface area contributed by atoms with Crippen LogP contribution in [0.15, 0.2) is 29.3 Å². The molecule has 28 heavy (non-hydrogen) atoms. The first-order valence-corrected chi connectivity index (χ1v) is 8.87. The van der Waals surface area contributed by atoms with E-state index in [2.05, 4.69) is 20.4 Å². The lowest BCUT2D eigenvalue weighted by Gasteiger charge is -2.16. The van der Waals surface area contributed by atoms with Gasteiger partial charge in [0, 0.05) is 45.4 Å². The minimum Gasteiger partial charge on any atom is -0.372 e. The second-order valence-electron chi connectivity index (χ2n) is 6.19. The summed E-state index contributed by atoms with van der Waals surface area (Å²) in [4.78, 5) is 17.6. The van der Waals surface area contributed by atoms with Gasteiger partial charge in [-0.3, -0.25) is 9.79 Å². The van der Waals surface area contributed by atoms with Crippen LogP contribution in [0.2, 0.25) is 0 Å². The number of halogens is 4. The molecular weight excluding hydrogens is 488 g/mol. The predicted octanol–water partition coefficient (Wildman–Crippen LogP) is 3.07. The number of guanidine groups is 1. The molecule has 0 atom stereocenters. The van der Waals surface area contributed by atoms with Gasteiger partial charge in [-0.05, 0) is 30.5 Å². The molecule has 6 nitrogen and oxygen atoms in total. The molecule has 2 N–H and O–H groups in total. The number of hydrogen-bond donors (Lipinski definition) is 2. The van der Waals surface area contributed by atoms with Gasteiger partial charge in [-0.25, -0.2) is 0 Å². The van der Waals surface area contributed by atoms with Crippen LogP contribution in [0.25, 0.3) is 0 Å². The number of hydrogen-bond acceptors (Lipinski definition) is 3. The van der Waals surface area contributed by atoms with Crippen molar-refractivity contribution >= 4 is 41.5 Å². The highest BCUT2D eigenvalue weighted by Crippen LogP contribution is 2.21. The average molecular weight is 514 g/mol. The van der Waals surface area contributed by atoms with Gasteiger partial charge in [-0.1, -0.05) is 12.1 Å². The summed E-state index contributed by atoms with van der Waals surface area (Å²) >= 11 is 0. The van der Waals surface area contributed by atoms with E-state index in [9.17, 15) is 18.0 Å². The molecule has 158 valence electrons. The lowest BCUT2D eigenvalue weighted by molar-refractivity contribution is -0.173. The number of nitrogens with zero attached hydrogens (tertiary/aromatic N) is 2. The Labute approximate surface area is 179 Å². The van der Waals surface area contributed by atoms with E-state index in [0.29, 0.717) is 31.9 Å². The van der Waals surface area contributed by atoms with Crippen LogP contribution in [0, 0.1) is 0 Å². The quantitative estimate of drug-likeness (QED) is 0.242. The number of rotatable bonds is 8. The second kappa shape index (κ2) is 12.1. The fourth-order valence-corrected chi connectivity index (χ4v) is 2.69. The van der Waals surface area contributed by atoms with Gasteiger partial charge in [-0.15, -0.1) is 24.0 Å².